The number of rotatable bonds is 7. The number of carbonyl (C=O) groups excluding carboxylic acids is 1. The van der Waals surface area contributed by atoms with Gasteiger partial charge in [0.1, 0.15) is 11.4 Å². The Labute approximate surface area is 239 Å². The number of anilines is 1. The molecular weight excluding hydrogens is 565 g/mol. The lowest BCUT2D eigenvalue weighted by molar-refractivity contribution is -0.384. The van der Waals surface area contributed by atoms with E-state index in [2.05, 4.69) is 34.7 Å². The van der Waals surface area contributed by atoms with E-state index in [4.69, 9.17) is 24.1 Å². The van der Waals surface area contributed by atoms with E-state index >= 15 is 0 Å². The number of urea groups is 1. The van der Waals surface area contributed by atoms with Crippen molar-refractivity contribution in [2.75, 3.05) is 40.2 Å². The summed E-state index contributed by atoms with van der Waals surface area (Å²) in [5, 5.41) is 24.2. The number of hydrogen-bond donors (Lipinski definition) is 3. The van der Waals surface area contributed by atoms with Gasteiger partial charge in [-0.2, -0.15) is 13.2 Å². The first kappa shape index (κ1) is 32.2. The summed E-state index contributed by atoms with van der Waals surface area (Å²) in [5.74, 6) is -0.984. The maximum absolute atomic E-state index is 12.8. The van der Waals surface area contributed by atoms with Gasteiger partial charge >= 0.3 is 18.2 Å². The van der Waals surface area contributed by atoms with Gasteiger partial charge in [0, 0.05) is 17.5 Å². The third-order valence-corrected chi connectivity index (χ3v) is 7.71. The largest absolute Gasteiger partial charge is 0.496 e. The molecule has 2 aromatic rings. The fourth-order valence-corrected chi connectivity index (χ4v) is 5.63. The average Bonchev–Trinajstić information content (AvgIpc) is 3.29. The zero-order valence-corrected chi connectivity index (χ0v) is 23.5. The molecule has 42 heavy (non-hydrogen) atoms. The number of halogens is 3. The molecule has 0 aromatic heterocycles. The molecule has 1 saturated heterocycles. The number of likely N-dealkylation sites (N-methyl/N-ethyl adjacent to an activating group) is 1. The predicted molar refractivity (Wildman–Crippen MR) is 145 cm³/mol. The number of carboxylic acids is 1. The summed E-state index contributed by atoms with van der Waals surface area (Å²) < 4.78 is 47.8. The van der Waals surface area contributed by atoms with Gasteiger partial charge in [-0.1, -0.05) is 6.07 Å². The Kier molecular flexibility index (Phi) is 10.1. The third-order valence-electron chi connectivity index (χ3n) is 7.71. The zero-order chi connectivity index (χ0) is 31.2. The van der Waals surface area contributed by atoms with Crippen molar-refractivity contribution in [3.63, 3.8) is 0 Å². The van der Waals surface area contributed by atoms with Gasteiger partial charge in [0.05, 0.1) is 32.3 Å². The number of methoxy groups -OCH3 is 3. The van der Waals surface area contributed by atoms with E-state index in [1.54, 1.807) is 20.3 Å². The van der Waals surface area contributed by atoms with Gasteiger partial charge in [-0.05, 0) is 69.1 Å². The van der Waals surface area contributed by atoms with E-state index in [1.165, 1.54) is 24.8 Å². The Morgan fingerprint density at radius 1 is 1.07 bits per heavy atom. The first-order valence-electron chi connectivity index (χ1n) is 12.9. The summed E-state index contributed by atoms with van der Waals surface area (Å²) in [4.78, 5) is 34.9. The van der Waals surface area contributed by atoms with Crippen molar-refractivity contribution in [3.8, 4) is 17.2 Å². The molecule has 0 spiro atoms. The Morgan fingerprint density at radius 2 is 1.74 bits per heavy atom. The van der Waals surface area contributed by atoms with E-state index in [1.807, 2.05) is 6.07 Å². The molecule has 2 aliphatic rings. The molecule has 15 heteroatoms. The van der Waals surface area contributed by atoms with Crippen molar-refractivity contribution >= 4 is 23.4 Å². The number of fused-ring (bicyclic) bond motifs is 1. The minimum absolute atomic E-state index is 0.0300. The van der Waals surface area contributed by atoms with Crippen LogP contribution < -0.4 is 24.8 Å². The Hall–Kier alpha value is -4.27. The number of carboxylic acid groups (broad SMARTS) is 1. The van der Waals surface area contributed by atoms with Crippen LogP contribution in [0.15, 0.2) is 36.4 Å². The normalized spacial score (nSPS) is 21.7. The molecule has 3 atom stereocenters. The van der Waals surface area contributed by atoms with Crippen LogP contribution in [-0.2, 0) is 10.2 Å². The summed E-state index contributed by atoms with van der Waals surface area (Å²) in [6.07, 6.45) is -1.56. The van der Waals surface area contributed by atoms with E-state index in [9.17, 15) is 28.1 Å². The van der Waals surface area contributed by atoms with E-state index in [-0.39, 0.29) is 28.9 Å². The van der Waals surface area contributed by atoms with Crippen LogP contribution in [-0.4, -0.2) is 80.1 Å². The molecule has 1 aliphatic heterocycles. The van der Waals surface area contributed by atoms with Gasteiger partial charge in [0.2, 0.25) is 0 Å². The number of hydrogen-bond acceptors (Lipinski definition) is 8. The Balaban J connectivity index is 0.000000616. The highest BCUT2D eigenvalue weighted by molar-refractivity contribution is 5.92. The summed E-state index contributed by atoms with van der Waals surface area (Å²) in [6, 6.07) is 10.2. The number of amides is 2. The summed E-state index contributed by atoms with van der Waals surface area (Å²) in [7, 11) is 6.83. The van der Waals surface area contributed by atoms with Crippen LogP contribution in [0.3, 0.4) is 0 Å². The highest BCUT2D eigenvalue weighted by atomic mass is 19.4. The Morgan fingerprint density at radius 3 is 2.31 bits per heavy atom. The minimum atomic E-state index is -5.08. The van der Waals surface area contributed by atoms with Crippen molar-refractivity contribution in [1.29, 1.82) is 0 Å². The molecular formula is C27H33F3N4O8. The van der Waals surface area contributed by atoms with Crippen molar-refractivity contribution in [1.82, 2.24) is 10.2 Å². The second-order valence-corrected chi connectivity index (χ2v) is 9.99. The van der Waals surface area contributed by atoms with Crippen molar-refractivity contribution in [2.45, 2.75) is 49.4 Å². The number of nitrogens with zero attached hydrogens (tertiary/aromatic N) is 2. The van der Waals surface area contributed by atoms with Crippen LogP contribution in [0.25, 0.3) is 0 Å². The summed E-state index contributed by atoms with van der Waals surface area (Å²) in [6.45, 7) is 0.968. The van der Waals surface area contributed by atoms with Crippen LogP contribution in [0.4, 0.5) is 29.3 Å². The van der Waals surface area contributed by atoms with Crippen LogP contribution in [0.5, 0.6) is 17.2 Å². The lowest BCUT2D eigenvalue weighted by atomic mass is 9.65. The second kappa shape index (κ2) is 13.1. The number of likely N-dealkylation sites (tertiary alicyclic amines) is 1. The molecule has 12 nitrogen and oxygen atoms in total. The molecule has 2 amide bonds. The fourth-order valence-electron chi connectivity index (χ4n) is 5.63. The monoisotopic (exact) mass is 598 g/mol. The van der Waals surface area contributed by atoms with E-state index in [0.29, 0.717) is 17.2 Å². The zero-order valence-electron chi connectivity index (χ0n) is 23.5. The van der Waals surface area contributed by atoms with Crippen molar-refractivity contribution < 1.29 is 47.0 Å². The first-order valence-corrected chi connectivity index (χ1v) is 12.9. The third kappa shape index (κ3) is 7.13. The molecule has 0 bridgehead atoms. The number of nitro benzene ring substituents is 1. The molecule has 2 fully saturated rings. The number of benzene rings is 2. The molecule has 1 aliphatic carbocycles. The van der Waals surface area contributed by atoms with Gasteiger partial charge < -0.3 is 34.9 Å². The lowest BCUT2D eigenvalue weighted by Gasteiger charge is -2.45. The topological polar surface area (TPSA) is 152 Å². The Bertz CT molecular complexity index is 1310. The predicted octanol–water partition coefficient (Wildman–Crippen LogP) is 4.57. The first-order chi connectivity index (χ1) is 19.7. The molecule has 0 radical (unpaired) electrons. The number of carbonyl (C=O) groups is 2. The number of ether oxygens (including phenoxy) is 3. The summed E-state index contributed by atoms with van der Waals surface area (Å²) in [5.41, 5.74) is 1.10. The summed E-state index contributed by atoms with van der Waals surface area (Å²) >= 11 is 0. The minimum Gasteiger partial charge on any atom is -0.496 e. The highest BCUT2D eigenvalue weighted by Gasteiger charge is 2.50. The highest BCUT2D eigenvalue weighted by Crippen LogP contribution is 2.50. The van der Waals surface area contributed by atoms with Gasteiger partial charge in [0.25, 0.3) is 5.69 Å². The van der Waals surface area contributed by atoms with Crippen LogP contribution in [0.1, 0.15) is 31.2 Å². The second-order valence-electron chi connectivity index (χ2n) is 9.99. The number of aliphatic carboxylic acids is 1. The quantitative estimate of drug-likeness (QED) is 0.307. The fraction of sp³-hybridized carbons (Fsp3) is 0.481. The van der Waals surface area contributed by atoms with E-state index < -0.39 is 23.1 Å². The molecule has 1 saturated carbocycles. The van der Waals surface area contributed by atoms with Gasteiger partial charge in [0.15, 0.2) is 11.5 Å². The molecule has 4 rings (SSSR count). The van der Waals surface area contributed by atoms with Gasteiger partial charge in [-0.3, -0.25) is 10.1 Å². The van der Waals surface area contributed by atoms with Crippen LogP contribution in [0, 0.1) is 10.1 Å². The SMILES string of the molecule is COc1ccc(NC(=O)NC2CCC3(c4ccc(OC)c(OC)c4)CCN(C)C3C2)c([N+](=O)[O-])c1.O=C(O)C(F)(F)F. The van der Waals surface area contributed by atoms with Crippen molar-refractivity contribution in [2.24, 2.45) is 0 Å². The van der Waals surface area contributed by atoms with Crippen LogP contribution in [0.2, 0.25) is 0 Å². The van der Waals surface area contributed by atoms with Crippen molar-refractivity contribution in [3.05, 3.63) is 52.1 Å². The standard InChI is InChI=1S/C25H32N4O6.C2HF3O2/c1-28-12-11-25(16-5-8-21(34-3)22(13-16)35-4)10-9-17(14-23(25)28)26-24(30)27-19-7-6-18(33-2)15-20(19)29(31)32;3-2(4,5)1(6)7/h5-8,13,15,17,23H,9-12,14H2,1-4H3,(H2,26,27,30);(H,6,7). The number of nitrogens with one attached hydrogen (secondary N) is 2. The average molecular weight is 599 g/mol. The number of nitro groups is 1. The van der Waals surface area contributed by atoms with Crippen LogP contribution >= 0.6 is 0 Å². The van der Waals surface area contributed by atoms with Gasteiger partial charge in [-0.25, -0.2) is 9.59 Å². The smallest absolute Gasteiger partial charge is 0.490 e. The van der Waals surface area contributed by atoms with E-state index in [0.717, 1.165) is 32.2 Å². The molecule has 230 valence electrons. The molecule has 3 unspecified atom stereocenters. The molecule has 1 heterocycles. The maximum Gasteiger partial charge on any atom is 0.490 e. The lowest BCUT2D eigenvalue weighted by Crippen LogP contribution is -2.52. The molecule has 3 N–H and O–H groups in total. The van der Waals surface area contributed by atoms with Gasteiger partial charge in [-0.15, -0.1) is 0 Å². The maximum atomic E-state index is 12.8. The molecule has 2 aromatic carbocycles. The number of alkyl halides is 3.